The SMILES string of the molecule is CCCn1cc(S(=O)(=O)N2CCC(C)C2)cc1CO. The predicted octanol–water partition coefficient (Wildman–Crippen LogP) is 1.42. The molecule has 1 atom stereocenters. The first-order valence-corrected chi connectivity index (χ1v) is 8.23. The minimum Gasteiger partial charge on any atom is -0.390 e. The van der Waals surface area contributed by atoms with Crippen molar-refractivity contribution in [3.8, 4) is 0 Å². The Kier molecular flexibility index (Phi) is 4.32. The first kappa shape index (κ1) is 14.6. The Morgan fingerprint density at radius 1 is 1.47 bits per heavy atom. The fourth-order valence-electron chi connectivity index (χ4n) is 2.51. The topological polar surface area (TPSA) is 62.5 Å². The van der Waals surface area contributed by atoms with Crippen molar-refractivity contribution in [2.24, 2.45) is 5.92 Å². The van der Waals surface area contributed by atoms with Gasteiger partial charge in [0.15, 0.2) is 0 Å². The summed E-state index contributed by atoms with van der Waals surface area (Å²) >= 11 is 0. The van der Waals surface area contributed by atoms with Crippen LogP contribution in [0.1, 0.15) is 32.4 Å². The van der Waals surface area contributed by atoms with E-state index in [1.165, 1.54) is 0 Å². The molecule has 19 heavy (non-hydrogen) atoms. The van der Waals surface area contributed by atoms with Crippen LogP contribution in [0.2, 0.25) is 0 Å². The average Bonchev–Trinajstić information content (AvgIpc) is 2.96. The highest BCUT2D eigenvalue weighted by atomic mass is 32.2. The van der Waals surface area contributed by atoms with Crippen molar-refractivity contribution >= 4 is 10.0 Å². The second kappa shape index (κ2) is 5.64. The van der Waals surface area contributed by atoms with E-state index in [4.69, 9.17) is 0 Å². The summed E-state index contributed by atoms with van der Waals surface area (Å²) in [5, 5.41) is 9.30. The molecule has 1 N–H and O–H groups in total. The van der Waals surface area contributed by atoms with Crippen molar-refractivity contribution in [2.75, 3.05) is 13.1 Å². The molecule has 2 heterocycles. The van der Waals surface area contributed by atoms with E-state index < -0.39 is 10.0 Å². The van der Waals surface area contributed by atoms with E-state index >= 15 is 0 Å². The van der Waals surface area contributed by atoms with Crippen molar-refractivity contribution in [3.05, 3.63) is 18.0 Å². The standard InChI is InChI=1S/C13H22N2O3S/c1-3-5-14-9-13(7-12(14)10-16)19(17,18)15-6-4-11(2)8-15/h7,9,11,16H,3-6,8,10H2,1-2H3. The van der Waals surface area contributed by atoms with Crippen LogP contribution in [-0.4, -0.2) is 35.5 Å². The smallest absolute Gasteiger partial charge is 0.244 e. The zero-order chi connectivity index (χ0) is 14.0. The number of sulfonamides is 1. The molecule has 0 aromatic carbocycles. The number of aryl methyl sites for hydroxylation is 1. The largest absolute Gasteiger partial charge is 0.390 e. The van der Waals surface area contributed by atoms with Crippen molar-refractivity contribution in [2.45, 2.75) is 44.7 Å². The van der Waals surface area contributed by atoms with Crippen LogP contribution in [0.25, 0.3) is 0 Å². The molecule has 5 nitrogen and oxygen atoms in total. The van der Waals surface area contributed by atoms with E-state index in [0.29, 0.717) is 29.6 Å². The second-order valence-electron chi connectivity index (χ2n) is 5.28. The molecule has 1 aliphatic rings. The van der Waals surface area contributed by atoms with E-state index in [2.05, 4.69) is 6.92 Å². The maximum absolute atomic E-state index is 12.5. The van der Waals surface area contributed by atoms with Crippen LogP contribution < -0.4 is 0 Å². The first-order valence-electron chi connectivity index (χ1n) is 6.79. The summed E-state index contributed by atoms with van der Waals surface area (Å²) in [5.41, 5.74) is 0.660. The normalized spacial score (nSPS) is 21.1. The molecule has 0 saturated carbocycles. The fraction of sp³-hybridized carbons (Fsp3) is 0.692. The Labute approximate surface area is 114 Å². The molecule has 2 rings (SSSR count). The highest BCUT2D eigenvalue weighted by molar-refractivity contribution is 7.89. The van der Waals surface area contributed by atoms with Gasteiger partial charge < -0.3 is 9.67 Å². The summed E-state index contributed by atoms with van der Waals surface area (Å²) in [6.45, 7) is 5.87. The summed E-state index contributed by atoms with van der Waals surface area (Å²) < 4.78 is 28.4. The van der Waals surface area contributed by atoms with Gasteiger partial charge in [-0.3, -0.25) is 0 Å². The van der Waals surface area contributed by atoms with E-state index in [-0.39, 0.29) is 6.61 Å². The number of aliphatic hydroxyl groups is 1. The van der Waals surface area contributed by atoms with Crippen LogP contribution in [0.15, 0.2) is 17.2 Å². The first-order chi connectivity index (χ1) is 8.98. The van der Waals surface area contributed by atoms with Gasteiger partial charge in [0.25, 0.3) is 0 Å². The average molecular weight is 286 g/mol. The summed E-state index contributed by atoms with van der Waals surface area (Å²) in [6.07, 6.45) is 3.47. The van der Waals surface area contributed by atoms with Crippen LogP contribution in [0.3, 0.4) is 0 Å². The van der Waals surface area contributed by atoms with E-state index in [0.717, 1.165) is 19.4 Å². The number of aromatic nitrogens is 1. The van der Waals surface area contributed by atoms with Gasteiger partial charge in [-0.05, 0) is 24.8 Å². The zero-order valence-corrected chi connectivity index (χ0v) is 12.4. The van der Waals surface area contributed by atoms with Crippen molar-refractivity contribution < 1.29 is 13.5 Å². The molecule has 0 spiro atoms. The summed E-state index contributed by atoms with van der Waals surface area (Å²) in [6, 6.07) is 1.59. The molecule has 0 aliphatic carbocycles. The van der Waals surface area contributed by atoms with Crippen LogP contribution in [0.5, 0.6) is 0 Å². The van der Waals surface area contributed by atoms with Gasteiger partial charge in [-0.25, -0.2) is 8.42 Å². The van der Waals surface area contributed by atoms with Gasteiger partial charge in [0.1, 0.15) is 4.90 Å². The predicted molar refractivity (Wildman–Crippen MR) is 73.2 cm³/mol. The summed E-state index contributed by atoms with van der Waals surface area (Å²) in [4.78, 5) is 0.305. The molecular weight excluding hydrogens is 264 g/mol. The third kappa shape index (κ3) is 2.85. The summed E-state index contributed by atoms with van der Waals surface area (Å²) in [5.74, 6) is 0.421. The Morgan fingerprint density at radius 2 is 2.21 bits per heavy atom. The monoisotopic (exact) mass is 286 g/mol. The van der Waals surface area contributed by atoms with E-state index in [9.17, 15) is 13.5 Å². The molecule has 108 valence electrons. The third-order valence-electron chi connectivity index (χ3n) is 3.61. The van der Waals surface area contributed by atoms with Gasteiger partial charge in [-0.2, -0.15) is 4.31 Å². The van der Waals surface area contributed by atoms with Crippen molar-refractivity contribution in [1.82, 2.24) is 8.87 Å². The Morgan fingerprint density at radius 3 is 2.74 bits per heavy atom. The minimum atomic E-state index is -3.40. The molecule has 0 amide bonds. The van der Waals surface area contributed by atoms with Crippen LogP contribution >= 0.6 is 0 Å². The van der Waals surface area contributed by atoms with Gasteiger partial charge in [0.05, 0.1) is 6.61 Å². The molecule has 6 heteroatoms. The van der Waals surface area contributed by atoms with E-state index in [1.807, 2.05) is 11.5 Å². The highest BCUT2D eigenvalue weighted by Crippen LogP contribution is 2.25. The fourth-order valence-corrected chi connectivity index (χ4v) is 4.15. The molecular formula is C13H22N2O3S. The number of hydrogen-bond acceptors (Lipinski definition) is 3. The Hall–Kier alpha value is -0.850. The number of nitrogens with zero attached hydrogens (tertiary/aromatic N) is 2. The van der Waals surface area contributed by atoms with Gasteiger partial charge >= 0.3 is 0 Å². The molecule has 1 saturated heterocycles. The van der Waals surface area contributed by atoms with Crippen molar-refractivity contribution in [3.63, 3.8) is 0 Å². The lowest BCUT2D eigenvalue weighted by atomic mass is 10.2. The lowest BCUT2D eigenvalue weighted by molar-refractivity contribution is 0.270. The zero-order valence-electron chi connectivity index (χ0n) is 11.5. The molecule has 0 bridgehead atoms. The number of rotatable bonds is 5. The molecule has 1 unspecified atom stereocenters. The second-order valence-corrected chi connectivity index (χ2v) is 7.21. The van der Waals surface area contributed by atoms with Crippen molar-refractivity contribution in [1.29, 1.82) is 0 Å². The van der Waals surface area contributed by atoms with Gasteiger partial charge in [-0.1, -0.05) is 13.8 Å². The lowest BCUT2D eigenvalue weighted by Gasteiger charge is -2.14. The minimum absolute atomic E-state index is 0.133. The lowest BCUT2D eigenvalue weighted by Crippen LogP contribution is -2.28. The maximum Gasteiger partial charge on any atom is 0.244 e. The number of aliphatic hydroxyl groups excluding tert-OH is 1. The molecule has 0 radical (unpaired) electrons. The molecule has 1 fully saturated rings. The molecule has 1 aliphatic heterocycles. The van der Waals surface area contributed by atoms with Crippen LogP contribution in [0, 0.1) is 5.92 Å². The van der Waals surface area contributed by atoms with E-state index in [1.54, 1.807) is 16.6 Å². The Bertz CT molecular complexity index is 536. The maximum atomic E-state index is 12.5. The van der Waals surface area contributed by atoms with Crippen LogP contribution in [0.4, 0.5) is 0 Å². The van der Waals surface area contributed by atoms with Crippen LogP contribution in [-0.2, 0) is 23.2 Å². The molecule has 1 aromatic rings. The molecule has 1 aromatic heterocycles. The van der Waals surface area contributed by atoms with Gasteiger partial charge in [-0.15, -0.1) is 0 Å². The Balaban J connectivity index is 2.30. The quantitative estimate of drug-likeness (QED) is 0.890. The highest BCUT2D eigenvalue weighted by Gasteiger charge is 2.31. The summed E-state index contributed by atoms with van der Waals surface area (Å²) in [7, 11) is -3.40. The third-order valence-corrected chi connectivity index (χ3v) is 5.44. The van der Waals surface area contributed by atoms with Gasteiger partial charge in [0, 0.05) is 31.5 Å². The van der Waals surface area contributed by atoms with Gasteiger partial charge in [0.2, 0.25) is 10.0 Å². The number of hydrogen-bond donors (Lipinski definition) is 1.